The number of nitrogens with two attached hydrogens (primary N) is 1. The van der Waals surface area contributed by atoms with Crippen molar-refractivity contribution in [2.45, 2.75) is 31.3 Å². The van der Waals surface area contributed by atoms with Gasteiger partial charge in [-0.2, -0.15) is 0 Å². The van der Waals surface area contributed by atoms with Crippen LogP contribution in [0, 0.1) is 0 Å². The fraction of sp³-hybridized carbons (Fsp3) is 0.355. The molecule has 0 unspecified atom stereocenters. The first kappa shape index (κ1) is 30.8. The smallest absolute Gasteiger partial charge is 0.318 e. The minimum atomic E-state index is -0.752. The Hall–Kier alpha value is -3.64. The molecule has 5 rings (SSSR count). The molecule has 2 aromatic carbocycles. The van der Waals surface area contributed by atoms with Crippen molar-refractivity contribution in [2.75, 3.05) is 49.9 Å². The van der Waals surface area contributed by atoms with Gasteiger partial charge in [0.05, 0.1) is 5.69 Å². The maximum absolute atomic E-state index is 13.9. The summed E-state index contributed by atoms with van der Waals surface area (Å²) in [6.07, 6.45) is 5.12. The highest BCUT2D eigenvalue weighted by atomic mass is 79.9. The average molecular weight is 713 g/mol. The number of piperidine rings is 1. The summed E-state index contributed by atoms with van der Waals surface area (Å²) >= 11 is 6.99. The van der Waals surface area contributed by atoms with E-state index < -0.39 is 6.04 Å². The number of amides is 4. The summed E-state index contributed by atoms with van der Waals surface area (Å²) in [5, 5.41) is 6.11. The predicted octanol–water partition coefficient (Wildman–Crippen LogP) is 4.05. The number of pyridine rings is 1. The van der Waals surface area contributed by atoms with E-state index in [0.29, 0.717) is 69.8 Å². The number of likely N-dealkylation sites (tertiary alicyclic amines) is 1. The average Bonchev–Trinajstić information content (AvgIpc) is 3.04. The molecular formula is C31H35Br2N7O3. The first-order chi connectivity index (χ1) is 20.8. The molecule has 0 aliphatic carbocycles. The molecule has 2 saturated heterocycles. The summed E-state index contributed by atoms with van der Waals surface area (Å²) in [6.45, 7) is 3.45. The van der Waals surface area contributed by atoms with Crippen molar-refractivity contribution < 1.29 is 14.4 Å². The highest BCUT2D eigenvalue weighted by Gasteiger charge is 2.32. The predicted molar refractivity (Wildman–Crippen MR) is 174 cm³/mol. The van der Waals surface area contributed by atoms with Gasteiger partial charge in [0.15, 0.2) is 0 Å². The number of aromatic nitrogens is 1. The molecule has 4 N–H and O–H groups in total. The molecule has 0 saturated carbocycles. The molecule has 2 aliphatic heterocycles. The number of halogens is 2. The maximum Gasteiger partial charge on any atom is 0.318 e. The number of hydrogen-bond donors (Lipinski definition) is 3. The lowest BCUT2D eigenvalue weighted by Crippen LogP contribution is -2.58. The number of rotatable bonds is 7. The van der Waals surface area contributed by atoms with Crippen LogP contribution in [0.15, 0.2) is 75.9 Å². The molecule has 10 nitrogen and oxygen atoms in total. The van der Waals surface area contributed by atoms with Crippen LogP contribution >= 0.6 is 31.9 Å². The van der Waals surface area contributed by atoms with Crippen molar-refractivity contribution in [1.29, 1.82) is 0 Å². The van der Waals surface area contributed by atoms with Gasteiger partial charge in [-0.3, -0.25) is 14.6 Å². The summed E-state index contributed by atoms with van der Waals surface area (Å²) in [4.78, 5) is 49.8. The van der Waals surface area contributed by atoms with Crippen LogP contribution in [0.25, 0.3) is 0 Å². The Morgan fingerprint density at radius 3 is 2.14 bits per heavy atom. The SMILES string of the molecule is Nc1c(Br)cc(C[C@@H](NC(=O)N2CCC(NC(=O)c3ccccc3)CC2)C(=O)N2CCN(c3ccncc3)CC2)cc1Br. The Balaban J connectivity index is 1.22. The monoisotopic (exact) mass is 711 g/mol. The van der Waals surface area contributed by atoms with Gasteiger partial charge in [0.2, 0.25) is 5.91 Å². The van der Waals surface area contributed by atoms with Crippen LogP contribution in [0.5, 0.6) is 0 Å². The van der Waals surface area contributed by atoms with E-state index in [9.17, 15) is 14.4 Å². The number of hydrogen-bond acceptors (Lipinski definition) is 6. The highest BCUT2D eigenvalue weighted by molar-refractivity contribution is 9.11. The Bertz CT molecular complexity index is 1400. The summed E-state index contributed by atoms with van der Waals surface area (Å²) in [5.41, 5.74) is 9.22. The molecule has 2 aliphatic rings. The molecule has 3 heterocycles. The largest absolute Gasteiger partial charge is 0.397 e. The van der Waals surface area contributed by atoms with Gasteiger partial charge in [0, 0.05) is 84.3 Å². The lowest BCUT2D eigenvalue weighted by atomic mass is 10.0. The van der Waals surface area contributed by atoms with E-state index >= 15 is 0 Å². The second kappa shape index (κ2) is 14.2. The number of piperazine rings is 1. The number of benzene rings is 2. The first-order valence-electron chi connectivity index (χ1n) is 14.4. The summed E-state index contributed by atoms with van der Waals surface area (Å²) < 4.78 is 1.44. The maximum atomic E-state index is 13.9. The van der Waals surface area contributed by atoms with E-state index in [1.54, 1.807) is 29.4 Å². The van der Waals surface area contributed by atoms with Crippen LogP contribution in [-0.2, 0) is 11.2 Å². The summed E-state index contributed by atoms with van der Waals surface area (Å²) in [7, 11) is 0. The molecule has 2 fully saturated rings. The van der Waals surface area contributed by atoms with E-state index in [-0.39, 0.29) is 23.9 Å². The van der Waals surface area contributed by atoms with E-state index in [2.05, 4.69) is 52.4 Å². The van der Waals surface area contributed by atoms with Crippen molar-refractivity contribution in [3.8, 4) is 0 Å². The number of nitrogen functional groups attached to an aromatic ring is 1. The lowest BCUT2D eigenvalue weighted by molar-refractivity contribution is -0.133. The molecule has 226 valence electrons. The Kier molecular flexibility index (Phi) is 10.2. The molecule has 4 amide bonds. The van der Waals surface area contributed by atoms with Crippen LogP contribution in [0.4, 0.5) is 16.2 Å². The van der Waals surface area contributed by atoms with Gasteiger partial charge < -0.3 is 31.1 Å². The Morgan fingerprint density at radius 1 is 0.884 bits per heavy atom. The van der Waals surface area contributed by atoms with Crippen molar-refractivity contribution in [3.05, 3.63) is 87.1 Å². The molecule has 0 radical (unpaired) electrons. The number of nitrogens with zero attached hydrogens (tertiary/aromatic N) is 4. The van der Waals surface area contributed by atoms with Crippen molar-refractivity contribution in [1.82, 2.24) is 25.4 Å². The van der Waals surface area contributed by atoms with Gasteiger partial charge >= 0.3 is 6.03 Å². The quantitative estimate of drug-likeness (QED) is 0.318. The van der Waals surface area contributed by atoms with E-state index in [1.807, 2.05) is 47.4 Å². The third kappa shape index (κ3) is 7.85. The molecule has 0 bridgehead atoms. The summed E-state index contributed by atoms with van der Waals surface area (Å²) in [5.74, 6) is -0.226. The number of nitrogens with one attached hydrogen (secondary N) is 2. The van der Waals surface area contributed by atoms with Gasteiger partial charge in [-0.05, 0) is 86.7 Å². The van der Waals surface area contributed by atoms with Crippen LogP contribution in [-0.4, -0.2) is 84.0 Å². The lowest BCUT2D eigenvalue weighted by Gasteiger charge is -2.38. The van der Waals surface area contributed by atoms with E-state index in [4.69, 9.17) is 5.73 Å². The minimum Gasteiger partial charge on any atom is -0.397 e. The molecule has 3 aromatic rings. The Morgan fingerprint density at radius 2 is 1.51 bits per heavy atom. The standard InChI is InChI=1S/C31H35Br2N7O3/c32-25-18-21(19-26(33)28(25)34)20-27(30(42)39-16-14-38(15-17-39)24-6-10-35-11-7-24)37-31(43)40-12-8-23(9-13-40)36-29(41)22-4-2-1-3-5-22/h1-7,10-11,18-19,23,27H,8-9,12-17,20,34H2,(H,36,41)(H,37,43)/t27-/m1/s1. The van der Waals surface area contributed by atoms with E-state index in [0.717, 1.165) is 20.2 Å². The number of urea groups is 1. The fourth-order valence-electron chi connectivity index (χ4n) is 5.48. The third-order valence-corrected chi connectivity index (χ3v) is 9.26. The van der Waals surface area contributed by atoms with Gasteiger partial charge in [0.25, 0.3) is 5.91 Å². The molecule has 43 heavy (non-hydrogen) atoms. The van der Waals surface area contributed by atoms with Crippen molar-refractivity contribution >= 4 is 61.1 Å². The Labute approximate surface area is 268 Å². The molecule has 1 aromatic heterocycles. The second-order valence-corrected chi connectivity index (χ2v) is 12.5. The zero-order valence-electron chi connectivity index (χ0n) is 23.7. The third-order valence-electron chi connectivity index (χ3n) is 7.95. The van der Waals surface area contributed by atoms with Crippen LogP contribution < -0.4 is 21.3 Å². The van der Waals surface area contributed by atoms with Crippen LogP contribution in [0.2, 0.25) is 0 Å². The second-order valence-electron chi connectivity index (χ2n) is 10.8. The molecular weight excluding hydrogens is 678 g/mol. The van der Waals surface area contributed by atoms with Gasteiger partial charge in [-0.25, -0.2) is 4.79 Å². The fourth-order valence-corrected chi connectivity index (χ4v) is 6.76. The van der Waals surface area contributed by atoms with Gasteiger partial charge in [-0.15, -0.1) is 0 Å². The first-order valence-corrected chi connectivity index (χ1v) is 16.0. The normalized spacial score (nSPS) is 16.5. The highest BCUT2D eigenvalue weighted by Crippen LogP contribution is 2.30. The number of anilines is 2. The van der Waals surface area contributed by atoms with Crippen molar-refractivity contribution in [3.63, 3.8) is 0 Å². The summed E-state index contributed by atoms with van der Waals surface area (Å²) in [6, 6.07) is 15.8. The van der Waals surface area contributed by atoms with E-state index in [1.165, 1.54) is 0 Å². The molecule has 1 atom stereocenters. The zero-order valence-corrected chi connectivity index (χ0v) is 26.9. The molecule has 0 spiro atoms. The van der Waals surface area contributed by atoms with Gasteiger partial charge in [-0.1, -0.05) is 18.2 Å². The van der Waals surface area contributed by atoms with Crippen LogP contribution in [0.3, 0.4) is 0 Å². The van der Waals surface area contributed by atoms with Gasteiger partial charge in [0.1, 0.15) is 6.04 Å². The minimum absolute atomic E-state index is 0.0182. The van der Waals surface area contributed by atoms with Crippen LogP contribution in [0.1, 0.15) is 28.8 Å². The topological polar surface area (TPSA) is 124 Å². The van der Waals surface area contributed by atoms with Crippen molar-refractivity contribution in [2.24, 2.45) is 0 Å². The number of carbonyl (C=O) groups excluding carboxylic acids is 3. The zero-order chi connectivity index (χ0) is 30.3. The number of carbonyl (C=O) groups is 3. The molecule has 12 heteroatoms.